The van der Waals surface area contributed by atoms with Crippen molar-refractivity contribution in [3.8, 4) is 0 Å². The lowest BCUT2D eigenvalue weighted by molar-refractivity contribution is -0.0376. The maximum Gasteiger partial charge on any atom is 0.326 e. The molecule has 1 fully saturated rings. The fraction of sp³-hybridized carbons (Fsp3) is 0.636. The van der Waals surface area contributed by atoms with Crippen molar-refractivity contribution in [3.63, 3.8) is 0 Å². The highest BCUT2D eigenvalue weighted by Crippen LogP contribution is 2.35. The normalized spacial score (nSPS) is 29.8. The number of primary amides is 1. The van der Waals surface area contributed by atoms with E-state index in [0.29, 0.717) is 6.61 Å². The van der Waals surface area contributed by atoms with E-state index in [1.54, 1.807) is 6.92 Å². The van der Waals surface area contributed by atoms with E-state index in [-0.39, 0.29) is 18.2 Å². The molecule has 6 N–H and O–H groups in total. The molecular weight excluding hydrogens is 268 g/mol. The Hall–Kier alpha value is -1.68. The van der Waals surface area contributed by atoms with Crippen LogP contribution in [0.25, 0.3) is 0 Å². The van der Waals surface area contributed by atoms with Crippen molar-refractivity contribution in [2.45, 2.75) is 31.3 Å². The monoisotopic (exact) mass is 286 g/mol. The second-order valence-electron chi connectivity index (χ2n) is 4.40. The number of anilines is 1. The molecule has 20 heavy (non-hydrogen) atoms. The summed E-state index contributed by atoms with van der Waals surface area (Å²) in [5.74, 6) is 0.205. The van der Waals surface area contributed by atoms with Gasteiger partial charge >= 0.3 is 6.03 Å². The molecule has 0 aromatic carbocycles. The van der Waals surface area contributed by atoms with Crippen LogP contribution in [0, 0.1) is 0 Å². The Bertz CT molecular complexity index is 491. The van der Waals surface area contributed by atoms with Gasteiger partial charge < -0.3 is 31.2 Å². The van der Waals surface area contributed by atoms with Crippen LogP contribution in [0.2, 0.25) is 0 Å². The highest BCUT2D eigenvalue weighted by molar-refractivity contribution is 5.79. The topological polar surface area (TPSA) is 146 Å². The lowest BCUT2D eigenvalue weighted by atomic mass is 10.1. The van der Waals surface area contributed by atoms with Gasteiger partial charge in [-0.3, -0.25) is 0 Å². The van der Waals surface area contributed by atoms with Crippen molar-refractivity contribution in [1.82, 2.24) is 9.55 Å². The molecule has 0 bridgehead atoms. The lowest BCUT2D eigenvalue weighted by Gasteiger charge is -2.20. The average molecular weight is 286 g/mol. The van der Waals surface area contributed by atoms with Gasteiger partial charge in [-0.1, -0.05) is 0 Å². The van der Waals surface area contributed by atoms with E-state index in [2.05, 4.69) is 4.98 Å². The first-order chi connectivity index (χ1) is 9.51. The molecule has 0 aliphatic carbocycles. The Morgan fingerprint density at radius 1 is 1.65 bits per heavy atom. The molecule has 0 saturated carbocycles. The Kier molecular flexibility index (Phi) is 4.23. The molecule has 0 unspecified atom stereocenters. The summed E-state index contributed by atoms with van der Waals surface area (Å²) in [5, 5.41) is 19.2. The molecule has 4 atom stereocenters. The molecule has 0 radical (unpaired) electrons. The van der Waals surface area contributed by atoms with Crippen LogP contribution in [-0.2, 0) is 9.47 Å². The van der Waals surface area contributed by atoms with E-state index in [4.69, 9.17) is 20.9 Å². The van der Waals surface area contributed by atoms with Crippen molar-refractivity contribution < 1.29 is 24.5 Å². The van der Waals surface area contributed by atoms with E-state index in [1.807, 2.05) is 0 Å². The van der Waals surface area contributed by atoms with E-state index >= 15 is 0 Å². The van der Waals surface area contributed by atoms with Gasteiger partial charge in [0.1, 0.15) is 30.2 Å². The van der Waals surface area contributed by atoms with E-state index in [0.717, 1.165) is 4.57 Å². The second kappa shape index (κ2) is 5.75. The molecule has 1 aliphatic heterocycles. The standard InChI is InChI=1S/C11H18N4O5/c1-2-19-8-7(17)5(4-16)20-9(8)10-14-3-6(12)15(10)11(13)18/h3,5,7-9,16-17H,2,4,12H2,1H3,(H2,13,18)/t5-,7-,8-,9-/m1/s1. The van der Waals surface area contributed by atoms with Crippen molar-refractivity contribution in [2.24, 2.45) is 5.73 Å². The Morgan fingerprint density at radius 3 is 2.90 bits per heavy atom. The summed E-state index contributed by atoms with van der Waals surface area (Å²) in [6.07, 6.45) is -2.20. The van der Waals surface area contributed by atoms with Crippen molar-refractivity contribution in [3.05, 3.63) is 12.0 Å². The number of nitrogens with two attached hydrogens (primary N) is 2. The van der Waals surface area contributed by atoms with Crippen LogP contribution in [-0.4, -0.2) is 57.3 Å². The minimum absolute atomic E-state index is 0.0632. The smallest absolute Gasteiger partial charge is 0.326 e. The molecule has 2 heterocycles. The van der Waals surface area contributed by atoms with Crippen LogP contribution in [0.3, 0.4) is 0 Å². The summed E-state index contributed by atoms with van der Waals surface area (Å²) in [6.45, 7) is 1.70. The summed E-state index contributed by atoms with van der Waals surface area (Å²) in [7, 11) is 0. The number of aliphatic hydroxyl groups is 2. The summed E-state index contributed by atoms with van der Waals surface area (Å²) in [6, 6.07) is -0.809. The van der Waals surface area contributed by atoms with Gasteiger partial charge in [0.15, 0.2) is 5.82 Å². The number of nitrogens with zero attached hydrogens (tertiary/aromatic N) is 2. The number of carbonyl (C=O) groups excluding carboxylic acids is 1. The number of aliphatic hydroxyl groups excluding tert-OH is 2. The lowest BCUT2D eigenvalue weighted by Crippen LogP contribution is -2.35. The Labute approximate surface area is 115 Å². The second-order valence-corrected chi connectivity index (χ2v) is 4.40. The number of carbonyl (C=O) groups is 1. The van der Waals surface area contributed by atoms with Crippen molar-refractivity contribution in [2.75, 3.05) is 18.9 Å². The Balaban J connectivity index is 2.37. The highest BCUT2D eigenvalue weighted by Gasteiger charge is 2.47. The number of ether oxygens (including phenoxy) is 2. The number of hydrogen-bond acceptors (Lipinski definition) is 7. The SMILES string of the molecule is CCO[C@@H]1[C@H](O)[C@@H](CO)O[C@H]1c1ncc(N)n1C(N)=O. The first-order valence-corrected chi connectivity index (χ1v) is 6.20. The zero-order valence-electron chi connectivity index (χ0n) is 11.0. The van der Waals surface area contributed by atoms with Crippen LogP contribution in [0.5, 0.6) is 0 Å². The van der Waals surface area contributed by atoms with Gasteiger partial charge in [0.05, 0.1) is 12.8 Å². The van der Waals surface area contributed by atoms with Crippen LogP contribution < -0.4 is 11.5 Å². The molecule has 9 nitrogen and oxygen atoms in total. The van der Waals surface area contributed by atoms with Crippen molar-refractivity contribution >= 4 is 11.8 Å². The maximum atomic E-state index is 11.4. The first kappa shape index (κ1) is 14.7. The number of hydrogen-bond donors (Lipinski definition) is 4. The van der Waals surface area contributed by atoms with Gasteiger partial charge in [0.2, 0.25) is 0 Å². The predicted octanol–water partition coefficient (Wildman–Crippen LogP) is -1.41. The molecule has 1 aromatic heterocycles. The van der Waals surface area contributed by atoms with Crippen LogP contribution >= 0.6 is 0 Å². The summed E-state index contributed by atoms with van der Waals surface area (Å²) in [4.78, 5) is 15.4. The van der Waals surface area contributed by atoms with Gasteiger partial charge in [-0.2, -0.15) is 0 Å². The summed E-state index contributed by atoms with van der Waals surface area (Å²) in [5.41, 5.74) is 10.9. The molecule has 1 saturated heterocycles. The highest BCUT2D eigenvalue weighted by atomic mass is 16.6. The Morgan fingerprint density at radius 2 is 2.35 bits per heavy atom. The third kappa shape index (κ3) is 2.36. The molecule has 112 valence electrons. The van der Waals surface area contributed by atoms with Gasteiger partial charge in [-0.05, 0) is 6.92 Å². The van der Waals surface area contributed by atoms with Crippen LogP contribution in [0.4, 0.5) is 10.6 Å². The molecule has 9 heteroatoms. The third-order valence-corrected chi connectivity index (χ3v) is 3.17. The minimum atomic E-state index is -1.04. The zero-order valence-corrected chi connectivity index (χ0v) is 11.0. The van der Waals surface area contributed by atoms with Gasteiger partial charge in [0, 0.05) is 6.61 Å². The number of rotatable bonds is 4. The minimum Gasteiger partial charge on any atom is -0.394 e. The zero-order chi connectivity index (χ0) is 14.9. The first-order valence-electron chi connectivity index (χ1n) is 6.20. The maximum absolute atomic E-state index is 11.4. The van der Waals surface area contributed by atoms with Gasteiger partial charge in [-0.25, -0.2) is 14.3 Å². The van der Waals surface area contributed by atoms with Gasteiger partial charge in [0.25, 0.3) is 0 Å². The van der Waals surface area contributed by atoms with E-state index in [1.165, 1.54) is 6.20 Å². The van der Waals surface area contributed by atoms with Gasteiger partial charge in [-0.15, -0.1) is 0 Å². The molecule has 2 rings (SSSR count). The molecule has 1 aliphatic rings. The van der Waals surface area contributed by atoms with Crippen molar-refractivity contribution in [1.29, 1.82) is 0 Å². The van der Waals surface area contributed by atoms with Crippen LogP contribution in [0.15, 0.2) is 6.20 Å². The summed E-state index contributed by atoms with van der Waals surface area (Å²) >= 11 is 0. The number of nitrogen functional groups attached to an aromatic ring is 1. The number of aromatic nitrogens is 2. The summed E-state index contributed by atoms with van der Waals surface area (Å²) < 4.78 is 11.9. The predicted molar refractivity (Wildman–Crippen MR) is 67.7 cm³/mol. The fourth-order valence-electron chi connectivity index (χ4n) is 2.29. The average Bonchev–Trinajstić information content (AvgIpc) is 2.92. The number of imidazole rings is 1. The largest absolute Gasteiger partial charge is 0.394 e. The van der Waals surface area contributed by atoms with Crippen LogP contribution in [0.1, 0.15) is 18.9 Å². The molecule has 0 spiro atoms. The van der Waals surface area contributed by atoms with E-state index < -0.39 is 30.4 Å². The molecular formula is C11H18N4O5. The third-order valence-electron chi connectivity index (χ3n) is 3.17. The molecule has 1 aromatic rings. The van der Waals surface area contributed by atoms with E-state index in [9.17, 15) is 15.0 Å². The number of amides is 1. The molecule has 1 amide bonds. The quantitative estimate of drug-likeness (QED) is 0.531. The fourth-order valence-corrected chi connectivity index (χ4v) is 2.29.